The van der Waals surface area contributed by atoms with Crippen molar-refractivity contribution in [3.63, 3.8) is 0 Å². The molecule has 1 N–H and O–H groups in total. The number of ether oxygens (including phenoxy) is 3. The van der Waals surface area contributed by atoms with Crippen LogP contribution in [-0.4, -0.2) is 26.7 Å². The molecular formula is C41H43ClN2O4. The van der Waals surface area contributed by atoms with Gasteiger partial charge >= 0.3 is 0 Å². The van der Waals surface area contributed by atoms with E-state index in [1.807, 2.05) is 121 Å². The Kier molecular flexibility index (Phi) is 12.7. The molecule has 248 valence electrons. The van der Waals surface area contributed by atoms with Gasteiger partial charge in [0.25, 0.3) is 0 Å². The highest BCUT2D eigenvalue weighted by atomic mass is 35.5. The van der Waals surface area contributed by atoms with Crippen molar-refractivity contribution in [2.75, 3.05) is 12.5 Å². The summed E-state index contributed by atoms with van der Waals surface area (Å²) >= 11 is 5.78. The maximum absolute atomic E-state index is 10.1. The normalized spacial score (nSPS) is 10.6. The zero-order chi connectivity index (χ0) is 33.6. The Bertz CT molecular complexity index is 1810. The van der Waals surface area contributed by atoms with Crippen molar-refractivity contribution < 1.29 is 19.3 Å². The number of hydrogen-bond donors (Lipinski definition) is 1. The Hall–Kier alpha value is -5.07. The van der Waals surface area contributed by atoms with Gasteiger partial charge in [0.1, 0.15) is 36.2 Å². The molecule has 0 atom stereocenters. The fourth-order valence-corrected chi connectivity index (χ4v) is 5.33. The van der Waals surface area contributed by atoms with E-state index in [0.29, 0.717) is 31.5 Å². The van der Waals surface area contributed by atoms with Gasteiger partial charge < -0.3 is 28.5 Å². The Morgan fingerprint density at radius 2 is 1.04 bits per heavy atom. The number of hydrogen-bond acceptors (Lipinski definition) is 4. The Balaban J connectivity index is 0.000000190. The van der Waals surface area contributed by atoms with E-state index in [2.05, 4.69) is 29.7 Å². The molecule has 0 radical (unpaired) electrons. The number of phenols is 1. The highest BCUT2D eigenvalue weighted by Gasteiger charge is 2.14. The van der Waals surface area contributed by atoms with Crippen LogP contribution in [0.5, 0.6) is 23.0 Å². The highest BCUT2D eigenvalue weighted by Crippen LogP contribution is 2.34. The predicted molar refractivity (Wildman–Crippen MR) is 194 cm³/mol. The maximum atomic E-state index is 10.1. The van der Waals surface area contributed by atoms with Crippen LogP contribution in [0.4, 0.5) is 0 Å². The lowest BCUT2D eigenvalue weighted by atomic mass is 10.1. The molecule has 6 aromatic rings. The minimum atomic E-state index is 0.279. The maximum Gasteiger partial charge on any atom is 0.147 e. The number of aromatic nitrogens is 2. The molecule has 2 aromatic heterocycles. The van der Waals surface area contributed by atoms with Crippen molar-refractivity contribution in [3.8, 4) is 34.4 Å². The zero-order valence-corrected chi connectivity index (χ0v) is 28.4. The van der Waals surface area contributed by atoms with Crippen LogP contribution in [0, 0.1) is 0 Å². The number of nitrogens with zero attached hydrogens (tertiary/aromatic N) is 2. The molecule has 0 aliphatic heterocycles. The molecule has 0 aliphatic carbocycles. The summed E-state index contributed by atoms with van der Waals surface area (Å²) in [6.45, 7) is 5.76. The molecule has 2 heterocycles. The number of halogens is 1. The summed E-state index contributed by atoms with van der Waals surface area (Å²) in [5.74, 6) is 3.23. The number of rotatable bonds is 14. The first-order valence-electron chi connectivity index (χ1n) is 16.4. The number of benzene rings is 4. The third-order valence-corrected chi connectivity index (χ3v) is 8.11. The second-order valence-electron chi connectivity index (χ2n) is 11.2. The van der Waals surface area contributed by atoms with Gasteiger partial charge in [0.05, 0.1) is 18.0 Å². The molecule has 4 aromatic carbocycles. The van der Waals surface area contributed by atoms with Crippen molar-refractivity contribution in [2.45, 2.75) is 46.3 Å². The van der Waals surface area contributed by atoms with Crippen molar-refractivity contribution in [2.24, 2.45) is 0 Å². The summed E-state index contributed by atoms with van der Waals surface area (Å²) in [6.07, 6.45) is 10.5. The lowest BCUT2D eigenvalue weighted by molar-refractivity contribution is 0.293. The first kappa shape index (κ1) is 34.3. The van der Waals surface area contributed by atoms with Gasteiger partial charge in [-0.3, -0.25) is 0 Å². The highest BCUT2D eigenvalue weighted by molar-refractivity contribution is 6.17. The van der Waals surface area contributed by atoms with Gasteiger partial charge in [-0.05, 0) is 77.9 Å². The Labute approximate surface area is 288 Å². The van der Waals surface area contributed by atoms with Gasteiger partial charge in [-0.1, -0.05) is 74.5 Å². The van der Waals surface area contributed by atoms with E-state index in [1.165, 1.54) is 0 Å². The van der Waals surface area contributed by atoms with Crippen LogP contribution in [0.15, 0.2) is 134 Å². The van der Waals surface area contributed by atoms with Gasteiger partial charge in [0, 0.05) is 42.8 Å². The van der Waals surface area contributed by atoms with E-state index in [4.69, 9.17) is 25.8 Å². The van der Waals surface area contributed by atoms with Crippen LogP contribution in [0.2, 0.25) is 0 Å². The Morgan fingerprint density at radius 1 is 0.562 bits per heavy atom. The third kappa shape index (κ3) is 9.26. The van der Waals surface area contributed by atoms with Gasteiger partial charge in [-0.2, -0.15) is 0 Å². The van der Waals surface area contributed by atoms with Gasteiger partial charge in [0.2, 0.25) is 0 Å². The molecule has 48 heavy (non-hydrogen) atoms. The monoisotopic (exact) mass is 662 g/mol. The average molecular weight is 663 g/mol. The summed E-state index contributed by atoms with van der Waals surface area (Å²) in [5.41, 5.74) is 6.27. The van der Waals surface area contributed by atoms with Crippen molar-refractivity contribution in [1.82, 2.24) is 9.13 Å². The SMILES string of the molecule is CCc1cc(-n2cccc2)c(OCc2ccccc2)cc1O.CCc1cc(-n2cccc2)c(OCc2ccccc2)cc1OCCCCl. The molecule has 0 amide bonds. The van der Waals surface area contributed by atoms with E-state index in [1.54, 1.807) is 6.07 Å². The van der Waals surface area contributed by atoms with Crippen LogP contribution in [0.1, 0.15) is 42.5 Å². The first-order chi connectivity index (χ1) is 23.6. The van der Waals surface area contributed by atoms with E-state index in [9.17, 15) is 5.11 Å². The van der Waals surface area contributed by atoms with Crippen LogP contribution in [-0.2, 0) is 26.1 Å². The number of aryl methyl sites for hydroxylation is 2. The molecule has 0 unspecified atom stereocenters. The summed E-state index contributed by atoms with van der Waals surface area (Å²) < 4.78 is 22.1. The quantitative estimate of drug-likeness (QED) is 0.0932. The predicted octanol–water partition coefficient (Wildman–Crippen LogP) is 9.95. The number of aromatic hydroxyl groups is 1. The first-order valence-corrected chi connectivity index (χ1v) is 16.9. The van der Waals surface area contributed by atoms with E-state index in [0.717, 1.165) is 64.4 Å². The van der Waals surface area contributed by atoms with E-state index < -0.39 is 0 Å². The molecule has 7 heteroatoms. The van der Waals surface area contributed by atoms with Crippen molar-refractivity contribution >= 4 is 11.6 Å². The van der Waals surface area contributed by atoms with Crippen LogP contribution >= 0.6 is 11.6 Å². The van der Waals surface area contributed by atoms with Crippen LogP contribution in [0.25, 0.3) is 11.4 Å². The second kappa shape index (κ2) is 17.7. The van der Waals surface area contributed by atoms with E-state index in [-0.39, 0.29) is 5.75 Å². The Morgan fingerprint density at radius 3 is 1.52 bits per heavy atom. The lowest BCUT2D eigenvalue weighted by Gasteiger charge is -2.18. The molecule has 6 rings (SSSR count). The number of alkyl halides is 1. The van der Waals surface area contributed by atoms with Gasteiger partial charge in [-0.25, -0.2) is 0 Å². The van der Waals surface area contributed by atoms with E-state index >= 15 is 0 Å². The average Bonchev–Trinajstić information content (AvgIpc) is 3.87. The van der Waals surface area contributed by atoms with Gasteiger partial charge in [-0.15, -0.1) is 11.6 Å². The molecular weight excluding hydrogens is 620 g/mol. The van der Waals surface area contributed by atoms with Crippen LogP contribution < -0.4 is 14.2 Å². The molecule has 6 nitrogen and oxygen atoms in total. The standard InChI is InChI=1S/C22H24ClNO2.C19H19NO2/c1-2-19-15-20(24-12-6-7-13-24)22(16-21(19)25-14-8-11-23)26-17-18-9-4-3-5-10-18;1-2-16-12-17(20-10-6-7-11-20)19(13-18(16)21)22-14-15-8-4-3-5-9-15/h3-7,9-10,12-13,15-16H,2,8,11,14,17H2,1H3;3-13,21H,2,14H2,1H3. The molecule has 0 saturated heterocycles. The second-order valence-corrected chi connectivity index (χ2v) is 11.6. The third-order valence-electron chi connectivity index (χ3n) is 7.84. The minimum Gasteiger partial charge on any atom is -0.508 e. The molecule has 0 bridgehead atoms. The summed E-state index contributed by atoms with van der Waals surface area (Å²) in [5, 5.41) is 10.1. The molecule has 0 aliphatic rings. The zero-order valence-electron chi connectivity index (χ0n) is 27.6. The van der Waals surface area contributed by atoms with Crippen molar-refractivity contribution in [1.29, 1.82) is 0 Å². The fraction of sp³-hybridized carbons (Fsp3) is 0.220. The van der Waals surface area contributed by atoms with Gasteiger partial charge in [0.15, 0.2) is 0 Å². The summed E-state index contributed by atoms with van der Waals surface area (Å²) in [7, 11) is 0. The smallest absolute Gasteiger partial charge is 0.147 e. The topological polar surface area (TPSA) is 57.8 Å². The lowest BCUT2D eigenvalue weighted by Crippen LogP contribution is -2.05. The summed E-state index contributed by atoms with van der Waals surface area (Å²) in [4.78, 5) is 0. The minimum absolute atomic E-state index is 0.279. The summed E-state index contributed by atoms with van der Waals surface area (Å²) in [6, 6.07) is 36.0. The largest absolute Gasteiger partial charge is 0.508 e. The molecule has 0 spiro atoms. The number of phenolic OH excluding ortho intramolecular Hbond substituents is 1. The molecule has 0 fully saturated rings. The van der Waals surface area contributed by atoms with Crippen molar-refractivity contribution in [3.05, 3.63) is 156 Å². The van der Waals surface area contributed by atoms with Crippen LogP contribution in [0.3, 0.4) is 0 Å². The molecule has 0 saturated carbocycles. The fourth-order valence-electron chi connectivity index (χ4n) is 5.22.